The standard InChI is InChI=1S/C16H29NO3/c18-13-15(6-2-1-3-7-15)12-17-14-4-8-16(9-5-14)19-10-11-20-16/h14,17-18H,1-13H2. The van der Waals surface area contributed by atoms with Gasteiger partial charge in [-0.05, 0) is 25.7 Å². The molecule has 3 aliphatic rings. The molecule has 0 amide bonds. The first-order chi connectivity index (χ1) is 9.76. The Morgan fingerprint density at radius 3 is 2.20 bits per heavy atom. The predicted molar refractivity (Wildman–Crippen MR) is 77.5 cm³/mol. The molecular weight excluding hydrogens is 254 g/mol. The molecule has 0 aromatic carbocycles. The van der Waals surface area contributed by atoms with Gasteiger partial charge < -0.3 is 19.9 Å². The lowest BCUT2D eigenvalue weighted by Crippen LogP contribution is -2.47. The van der Waals surface area contributed by atoms with Crippen molar-refractivity contribution >= 4 is 0 Å². The Morgan fingerprint density at radius 2 is 1.60 bits per heavy atom. The van der Waals surface area contributed by atoms with Gasteiger partial charge in [-0.3, -0.25) is 0 Å². The molecule has 0 bridgehead atoms. The molecule has 20 heavy (non-hydrogen) atoms. The van der Waals surface area contributed by atoms with E-state index in [1.165, 1.54) is 32.1 Å². The third kappa shape index (κ3) is 3.19. The number of nitrogens with one attached hydrogen (secondary N) is 1. The van der Waals surface area contributed by atoms with E-state index in [4.69, 9.17) is 9.47 Å². The second-order valence-corrected chi connectivity index (χ2v) is 6.98. The lowest BCUT2D eigenvalue weighted by atomic mass is 9.74. The first-order valence-electron chi connectivity index (χ1n) is 8.38. The van der Waals surface area contributed by atoms with E-state index >= 15 is 0 Å². The molecule has 2 aliphatic carbocycles. The summed E-state index contributed by atoms with van der Waals surface area (Å²) < 4.78 is 11.6. The summed E-state index contributed by atoms with van der Waals surface area (Å²) in [5, 5.41) is 13.5. The molecule has 0 unspecified atom stereocenters. The minimum Gasteiger partial charge on any atom is -0.396 e. The van der Waals surface area contributed by atoms with Gasteiger partial charge >= 0.3 is 0 Å². The van der Waals surface area contributed by atoms with Crippen molar-refractivity contribution < 1.29 is 14.6 Å². The van der Waals surface area contributed by atoms with Crippen LogP contribution < -0.4 is 5.32 Å². The molecule has 2 saturated carbocycles. The van der Waals surface area contributed by atoms with Gasteiger partial charge in [0.2, 0.25) is 0 Å². The number of ether oxygens (including phenoxy) is 2. The zero-order valence-corrected chi connectivity index (χ0v) is 12.5. The van der Waals surface area contributed by atoms with Crippen LogP contribution in [0.5, 0.6) is 0 Å². The first-order valence-corrected chi connectivity index (χ1v) is 8.38. The summed E-state index contributed by atoms with van der Waals surface area (Å²) in [6.07, 6.45) is 10.5. The summed E-state index contributed by atoms with van der Waals surface area (Å²) >= 11 is 0. The van der Waals surface area contributed by atoms with Crippen molar-refractivity contribution in [2.24, 2.45) is 5.41 Å². The molecule has 3 rings (SSSR count). The van der Waals surface area contributed by atoms with E-state index in [2.05, 4.69) is 5.32 Å². The Labute approximate surface area is 122 Å². The van der Waals surface area contributed by atoms with Crippen molar-refractivity contribution in [1.82, 2.24) is 5.32 Å². The highest BCUT2D eigenvalue weighted by Crippen LogP contribution is 2.38. The Bertz CT molecular complexity index is 299. The number of rotatable bonds is 4. The summed E-state index contributed by atoms with van der Waals surface area (Å²) in [5.74, 6) is -0.252. The lowest BCUT2D eigenvalue weighted by molar-refractivity contribution is -0.179. The highest BCUT2D eigenvalue weighted by atomic mass is 16.7. The van der Waals surface area contributed by atoms with Crippen LogP contribution in [0.2, 0.25) is 0 Å². The van der Waals surface area contributed by atoms with E-state index in [1.54, 1.807) is 0 Å². The van der Waals surface area contributed by atoms with Crippen LogP contribution in [-0.4, -0.2) is 43.3 Å². The van der Waals surface area contributed by atoms with Crippen LogP contribution in [0, 0.1) is 5.41 Å². The number of aliphatic hydroxyl groups is 1. The van der Waals surface area contributed by atoms with Crippen LogP contribution in [0.4, 0.5) is 0 Å². The van der Waals surface area contributed by atoms with Gasteiger partial charge in [0.1, 0.15) is 0 Å². The normalized spacial score (nSPS) is 29.9. The van der Waals surface area contributed by atoms with Gasteiger partial charge in [0.15, 0.2) is 5.79 Å². The lowest BCUT2D eigenvalue weighted by Gasteiger charge is -2.40. The number of aliphatic hydroxyl groups excluding tert-OH is 1. The molecule has 4 heteroatoms. The summed E-state index contributed by atoms with van der Waals surface area (Å²) in [7, 11) is 0. The highest BCUT2D eigenvalue weighted by molar-refractivity contribution is 4.89. The second-order valence-electron chi connectivity index (χ2n) is 6.98. The predicted octanol–water partition coefficient (Wildman–Crippen LogP) is 2.20. The van der Waals surface area contributed by atoms with Gasteiger partial charge in [0.25, 0.3) is 0 Å². The fourth-order valence-electron chi connectivity index (χ4n) is 4.10. The maximum absolute atomic E-state index is 9.76. The fourth-order valence-corrected chi connectivity index (χ4v) is 4.10. The van der Waals surface area contributed by atoms with E-state index in [-0.39, 0.29) is 11.2 Å². The minimum absolute atomic E-state index is 0.147. The maximum atomic E-state index is 9.76. The summed E-state index contributed by atoms with van der Waals surface area (Å²) in [4.78, 5) is 0. The SMILES string of the molecule is OCC1(CNC2CCC3(CC2)OCCO3)CCCCC1. The minimum atomic E-state index is -0.252. The van der Waals surface area contributed by atoms with Crippen LogP contribution in [-0.2, 0) is 9.47 Å². The molecule has 2 N–H and O–H groups in total. The summed E-state index contributed by atoms with van der Waals surface area (Å²) in [6.45, 7) is 2.82. The molecule has 1 heterocycles. The zero-order valence-electron chi connectivity index (χ0n) is 12.5. The molecular formula is C16H29NO3. The summed E-state index contributed by atoms with van der Waals surface area (Å²) in [6, 6.07) is 0.568. The molecule has 4 nitrogen and oxygen atoms in total. The molecule has 1 saturated heterocycles. The van der Waals surface area contributed by atoms with Gasteiger partial charge in [-0.1, -0.05) is 19.3 Å². The van der Waals surface area contributed by atoms with Crippen molar-refractivity contribution in [1.29, 1.82) is 0 Å². The average molecular weight is 283 g/mol. The first kappa shape index (κ1) is 14.8. The van der Waals surface area contributed by atoms with Crippen molar-refractivity contribution in [2.45, 2.75) is 69.6 Å². The van der Waals surface area contributed by atoms with E-state index in [9.17, 15) is 5.11 Å². The summed E-state index contributed by atoms with van der Waals surface area (Å²) in [5.41, 5.74) is 0.147. The Kier molecular flexibility index (Phi) is 4.65. The number of hydrogen-bond donors (Lipinski definition) is 2. The molecule has 3 fully saturated rings. The van der Waals surface area contributed by atoms with E-state index in [1.807, 2.05) is 0 Å². The topological polar surface area (TPSA) is 50.7 Å². The van der Waals surface area contributed by atoms with Gasteiger partial charge in [-0.2, -0.15) is 0 Å². The van der Waals surface area contributed by atoms with Gasteiger partial charge in [0, 0.05) is 37.5 Å². The quantitative estimate of drug-likeness (QED) is 0.830. The fraction of sp³-hybridized carbons (Fsp3) is 1.00. The van der Waals surface area contributed by atoms with Crippen molar-refractivity contribution in [3.05, 3.63) is 0 Å². The molecule has 0 aromatic rings. The van der Waals surface area contributed by atoms with Crippen LogP contribution in [0.15, 0.2) is 0 Å². The third-order valence-corrected chi connectivity index (χ3v) is 5.58. The van der Waals surface area contributed by atoms with Gasteiger partial charge in [0.05, 0.1) is 13.2 Å². The van der Waals surface area contributed by atoms with Gasteiger partial charge in [-0.25, -0.2) is 0 Å². The highest BCUT2D eigenvalue weighted by Gasteiger charge is 2.40. The van der Waals surface area contributed by atoms with Crippen molar-refractivity contribution in [2.75, 3.05) is 26.4 Å². The second kappa shape index (κ2) is 6.30. The largest absolute Gasteiger partial charge is 0.396 e. The monoisotopic (exact) mass is 283 g/mol. The number of hydrogen-bond acceptors (Lipinski definition) is 4. The van der Waals surface area contributed by atoms with E-state index in [0.29, 0.717) is 12.6 Å². The van der Waals surface area contributed by atoms with Crippen LogP contribution in [0.25, 0.3) is 0 Å². The van der Waals surface area contributed by atoms with Crippen LogP contribution >= 0.6 is 0 Å². The molecule has 0 atom stereocenters. The van der Waals surface area contributed by atoms with Crippen molar-refractivity contribution in [3.63, 3.8) is 0 Å². The van der Waals surface area contributed by atoms with Crippen LogP contribution in [0.1, 0.15) is 57.8 Å². The Hall–Kier alpha value is -0.160. The van der Waals surface area contributed by atoms with Crippen molar-refractivity contribution in [3.8, 4) is 0 Å². The Balaban J connectivity index is 1.45. The van der Waals surface area contributed by atoms with Crippen LogP contribution in [0.3, 0.4) is 0 Å². The van der Waals surface area contributed by atoms with Gasteiger partial charge in [-0.15, -0.1) is 0 Å². The Morgan fingerprint density at radius 1 is 0.950 bits per heavy atom. The van der Waals surface area contributed by atoms with E-state index < -0.39 is 0 Å². The molecule has 0 radical (unpaired) electrons. The zero-order chi connectivity index (χ0) is 13.9. The third-order valence-electron chi connectivity index (χ3n) is 5.58. The molecule has 1 spiro atoms. The molecule has 1 aliphatic heterocycles. The smallest absolute Gasteiger partial charge is 0.168 e. The molecule has 116 valence electrons. The molecule has 0 aromatic heterocycles. The maximum Gasteiger partial charge on any atom is 0.168 e. The average Bonchev–Trinajstić information content (AvgIpc) is 2.96. The van der Waals surface area contributed by atoms with E-state index in [0.717, 1.165) is 45.4 Å².